The maximum Gasteiger partial charge on any atom is 0.255 e. The van der Waals surface area contributed by atoms with Crippen LogP contribution in [0, 0.1) is 0 Å². The lowest BCUT2D eigenvalue weighted by atomic mass is 10.1. The summed E-state index contributed by atoms with van der Waals surface area (Å²) >= 11 is 6.93. The molecule has 1 saturated carbocycles. The van der Waals surface area contributed by atoms with E-state index in [2.05, 4.69) is 37.2 Å². The van der Waals surface area contributed by atoms with Gasteiger partial charge in [0.15, 0.2) is 11.5 Å². The predicted octanol–water partition coefficient (Wildman–Crippen LogP) is 6.18. The van der Waals surface area contributed by atoms with Crippen LogP contribution in [-0.4, -0.2) is 18.6 Å². The third kappa shape index (κ3) is 4.60. The molecule has 0 aromatic heterocycles. The molecule has 2 aromatic carbocycles. The third-order valence-electron chi connectivity index (χ3n) is 4.30. The summed E-state index contributed by atoms with van der Waals surface area (Å²) < 4.78 is 13.4. The lowest BCUT2D eigenvalue weighted by Gasteiger charge is -2.17. The number of hydrogen-bond donors (Lipinski definition) is 1. The molecule has 0 saturated heterocycles. The SMILES string of the molecule is CCOc1ccc(C(=O)Nc2c(Br)cccc2Br)cc1OC1CCCC1. The van der Waals surface area contributed by atoms with Crippen molar-refractivity contribution in [1.29, 1.82) is 0 Å². The molecule has 1 fully saturated rings. The fraction of sp³-hybridized carbons (Fsp3) is 0.350. The number of rotatable bonds is 6. The van der Waals surface area contributed by atoms with Gasteiger partial charge in [-0.2, -0.15) is 0 Å². The van der Waals surface area contributed by atoms with E-state index in [-0.39, 0.29) is 12.0 Å². The summed E-state index contributed by atoms with van der Waals surface area (Å²) in [4.78, 5) is 12.7. The summed E-state index contributed by atoms with van der Waals surface area (Å²) in [5.74, 6) is 1.12. The Kier molecular flexibility index (Phi) is 6.59. The number of carbonyl (C=O) groups is 1. The smallest absolute Gasteiger partial charge is 0.255 e. The van der Waals surface area contributed by atoms with Crippen molar-refractivity contribution in [1.82, 2.24) is 0 Å². The van der Waals surface area contributed by atoms with Crippen molar-refractivity contribution in [2.45, 2.75) is 38.7 Å². The molecule has 4 nitrogen and oxygen atoms in total. The average Bonchev–Trinajstić information content (AvgIpc) is 3.13. The Morgan fingerprint density at radius 3 is 2.46 bits per heavy atom. The van der Waals surface area contributed by atoms with Gasteiger partial charge in [-0.1, -0.05) is 6.07 Å². The minimum absolute atomic E-state index is 0.197. The second kappa shape index (κ2) is 8.91. The Morgan fingerprint density at radius 1 is 1.12 bits per heavy atom. The first-order valence-corrected chi connectivity index (χ1v) is 10.4. The van der Waals surface area contributed by atoms with Crippen LogP contribution in [0.4, 0.5) is 5.69 Å². The zero-order chi connectivity index (χ0) is 18.5. The van der Waals surface area contributed by atoms with Gasteiger partial charge in [-0.25, -0.2) is 0 Å². The molecule has 0 aliphatic heterocycles. The van der Waals surface area contributed by atoms with Gasteiger partial charge in [-0.05, 0) is 94.8 Å². The fourth-order valence-corrected chi connectivity index (χ4v) is 4.20. The number of ether oxygens (including phenoxy) is 2. The molecule has 0 spiro atoms. The zero-order valence-electron chi connectivity index (χ0n) is 14.6. The normalized spacial score (nSPS) is 14.3. The van der Waals surface area contributed by atoms with Crippen LogP contribution < -0.4 is 14.8 Å². The van der Waals surface area contributed by atoms with E-state index in [0.29, 0.717) is 29.4 Å². The topological polar surface area (TPSA) is 47.6 Å². The van der Waals surface area contributed by atoms with E-state index >= 15 is 0 Å². The molecular formula is C20H21Br2NO3. The minimum atomic E-state index is -0.197. The summed E-state index contributed by atoms with van der Waals surface area (Å²) in [6.45, 7) is 2.49. The van der Waals surface area contributed by atoms with Crippen LogP contribution in [0.2, 0.25) is 0 Å². The van der Waals surface area contributed by atoms with Crippen LogP contribution >= 0.6 is 31.9 Å². The van der Waals surface area contributed by atoms with E-state index < -0.39 is 0 Å². The van der Waals surface area contributed by atoms with Crippen molar-refractivity contribution in [2.24, 2.45) is 0 Å². The Bertz CT molecular complexity index is 768. The largest absolute Gasteiger partial charge is 0.490 e. The van der Waals surface area contributed by atoms with Crippen LogP contribution in [0.25, 0.3) is 0 Å². The van der Waals surface area contributed by atoms with Crippen molar-refractivity contribution < 1.29 is 14.3 Å². The van der Waals surface area contributed by atoms with E-state index in [1.807, 2.05) is 25.1 Å². The summed E-state index contributed by atoms with van der Waals surface area (Å²) in [5.41, 5.74) is 1.23. The zero-order valence-corrected chi connectivity index (χ0v) is 17.7. The molecule has 0 heterocycles. The highest BCUT2D eigenvalue weighted by Crippen LogP contribution is 2.34. The second-order valence-electron chi connectivity index (χ2n) is 6.17. The summed E-state index contributed by atoms with van der Waals surface area (Å²) in [6, 6.07) is 11.0. The van der Waals surface area contributed by atoms with E-state index in [0.717, 1.165) is 21.8 Å². The Hall–Kier alpha value is -1.53. The van der Waals surface area contributed by atoms with Crippen molar-refractivity contribution in [3.63, 3.8) is 0 Å². The maximum atomic E-state index is 12.7. The summed E-state index contributed by atoms with van der Waals surface area (Å²) in [6.07, 6.45) is 4.66. The number of para-hydroxylation sites is 1. The molecule has 1 aliphatic carbocycles. The molecule has 1 amide bonds. The van der Waals surface area contributed by atoms with Crippen LogP contribution in [0.3, 0.4) is 0 Å². The molecule has 3 rings (SSSR count). The van der Waals surface area contributed by atoms with Gasteiger partial charge in [0.25, 0.3) is 5.91 Å². The first-order chi connectivity index (χ1) is 12.6. The van der Waals surface area contributed by atoms with Crippen LogP contribution in [0.15, 0.2) is 45.3 Å². The highest BCUT2D eigenvalue weighted by molar-refractivity contribution is 9.11. The van der Waals surface area contributed by atoms with Gasteiger partial charge in [0, 0.05) is 14.5 Å². The van der Waals surface area contributed by atoms with Crippen molar-refractivity contribution in [3.8, 4) is 11.5 Å². The highest BCUT2D eigenvalue weighted by atomic mass is 79.9. The number of nitrogens with one attached hydrogen (secondary N) is 1. The van der Waals surface area contributed by atoms with Gasteiger partial charge in [-0.3, -0.25) is 4.79 Å². The Morgan fingerprint density at radius 2 is 1.81 bits per heavy atom. The number of benzene rings is 2. The first kappa shape index (κ1) is 19.2. The van der Waals surface area contributed by atoms with E-state index in [1.165, 1.54) is 12.8 Å². The van der Waals surface area contributed by atoms with Crippen LogP contribution in [-0.2, 0) is 0 Å². The number of hydrogen-bond acceptors (Lipinski definition) is 3. The lowest BCUT2D eigenvalue weighted by Crippen LogP contribution is -2.15. The standard InChI is InChI=1S/C20H21Br2NO3/c1-2-25-17-11-10-13(12-18(17)26-14-6-3-4-7-14)20(24)23-19-15(21)8-5-9-16(19)22/h5,8-12,14H,2-4,6-7H2,1H3,(H,23,24). The first-order valence-electron chi connectivity index (χ1n) is 8.77. The molecule has 6 heteroatoms. The van der Waals surface area contributed by atoms with Crippen molar-refractivity contribution in [2.75, 3.05) is 11.9 Å². The highest BCUT2D eigenvalue weighted by Gasteiger charge is 2.20. The Balaban J connectivity index is 1.83. The summed E-state index contributed by atoms with van der Waals surface area (Å²) in [7, 11) is 0. The molecule has 2 aromatic rings. The van der Waals surface area contributed by atoms with Gasteiger partial charge in [0.05, 0.1) is 18.4 Å². The van der Waals surface area contributed by atoms with E-state index in [4.69, 9.17) is 9.47 Å². The molecule has 0 unspecified atom stereocenters. The van der Waals surface area contributed by atoms with Gasteiger partial charge < -0.3 is 14.8 Å². The fourth-order valence-electron chi connectivity index (χ4n) is 3.00. The summed E-state index contributed by atoms with van der Waals surface area (Å²) in [5, 5.41) is 2.94. The molecular weight excluding hydrogens is 462 g/mol. The van der Waals surface area contributed by atoms with Crippen LogP contribution in [0.1, 0.15) is 43.0 Å². The third-order valence-corrected chi connectivity index (χ3v) is 5.62. The molecule has 26 heavy (non-hydrogen) atoms. The van der Waals surface area contributed by atoms with Gasteiger partial charge in [0.2, 0.25) is 0 Å². The minimum Gasteiger partial charge on any atom is -0.490 e. The second-order valence-corrected chi connectivity index (χ2v) is 7.88. The molecule has 1 aliphatic rings. The quantitative estimate of drug-likeness (QED) is 0.534. The number of halogens is 2. The van der Waals surface area contributed by atoms with E-state index in [9.17, 15) is 4.79 Å². The molecule has 0 atom stereocenters. The molecule has 1 N–H and O–H groups in total. The molecule has 0 radical (unpaired) electrons. The van der Waals surface area contributed by atoms with Gasteiger partial charge in [-0.15, -0.1) is 0 Å². The number of carbonyl (C=O) groups excluding carboxylic acids is 1. The number of anilines is 1. The van der Waals surface area contributed by atoms with Crippen molar-refractivity contribution >= 4 is 43.5 Å². The lowest BCUT2D eigenvalue weighted by molar-refractivity contribution is 0.102. The van der Waals surface area contributed by atoms with Crippen LogP contribution in [0.5, 0.6) is 11.5 Å². The van der Waals surface area contributed by atoms with Crippen molar-refractivity contribution in [3.05, 3.63) is 50.9 Å². The molecule has 0 bridgehead atoms. The van der Waals surface area contributed by atoms with Gasteiger partial charge >= 0.3 is 0 Å². The average molecular weight is 483 g/mol. The predicted molar refractivity (Wildman–Crippen MR) is 110 cm³/mol. The number of amides is 1. The molecule has 138 valence electrons. The maximum absolute atomic E-state index is 12.7. The monoisotopic (exact) mass is 481 g/mol. The Labute approximate surface area is 170 Å². The van der Waals surface area contributed by atoms with Gasteiger partial charge in [0.1, 0.15) is 0 Å². The van der Waals surface area contributed by atoms with E-state index in [1.54, 1.807) is 18.2 Å².